The minimum absolute atomic E-state index is 0.0767. The first-order valence-electron chi connectivity index (χ1n) is 4.93. The van der Waals surface area contributed by atoms with Gasteiger partial charge in [0.25, 0.3) is 10.2 Å². The van der Waals surface area contributed by atoms with Gasteiger partial charge >= 0.3 is 0 Å². The highest BCUT2D eigenvalue weighted by atomic mass is 32.2. The molecule has 84 valence electrons. The lowest BCUT2D eigenvalue weighted by Crippen LogP contribution is -2.47. The molecule has 0 aliphatic carbocycles. The van der Waals surface area contributed by atoms with Gasteiger partial charge in [0, 0.05) is 13.1 Å². The lowest BCUT2D eigenvalue weighted by Gasteiger charge is -2.34. The van der Waals surface area contributed by atoms with Crippen molar-refractivity contribution in [3.05, 3.63) is 0 Å². The van der Waals surface area contributed by atoms with E-state index in [1.165, 1.54) is 4.31 Å². The Morgan fingerprint density at radius 3 is 2.29 bits per heavy atom. The predicted octanol–water partition coefficient (Wildman–Crippen LogP) is -0.394. The fourth-order valence-electron chi connectivity index (χ4n) is 1.81. The van der Waals surface area contributed by atoms with Crippen molar-refractivity contribution in [1.29, 1.82) is 0 Å². The molecule has 5 nitrogen and oxygen atoms in total. The van der Waals surface area contributed by atoms with Crippen LogP contribution >= 0.6 is 0 Å². The lowest BCUT2D eigenvalue weighted by molar-refractivity contribution is 0.176. The summed E-state index contributed by atoms with van der Waals surface area (Å²) in [6, 6.07) is 0.0767. The minimum atomic E-state index is -3.51. The molecule has 1 rings (SSSR count). The predicted molar refractivity (Wildman–Crippen MR) is 56.0 cm³/mol. The maximum absolute atomic E-state index is 11.1. The standard InChI is InChI=1S/C8H19N3O2S/c1-3-11-6-4-8(5-7-11)10(2)14(9,12)13/h8H,3-7H2,1-2H3,(H2,9,12,13). The molecule has 0 aromatic carbocycles. The van der Waals surface area contributed by atoms with Gasteiger partial charge in [-0.25, -0.2) is 5.14 Å². The van der Waals surface area contributed by atoms with E-state index in [0.29, 0.717) is 0 Å². The number of piperidine rings is 1. The normalized spacial score (nSPS) is 21.7. The highest BCUT2D eigenvalue weighted by molar-refractivity contribution is 7.86. The molecule has 6 heteroatoms. The Labute approximate surface area is 86.0 Å². The number of likely N-dealkylation sites (tertiary alicyclic amines) is 1. The quantitative estimate of drug-likeness (QED) is 0.705. The molecule has 0 saturated carbocycles. The average Bonchev–Trinajstić information content (AvgIpc) is 2.15. The van der Waals surface area contributed by atoms with Crippen LogP contribution in [-0.4, -0.2) is 50.3 Å². The van der Waals surface area contributed by atoms with Crippen LogP contribution in [0.5, 0.6) is 0 Å². The van der Waals surface area contributed by atoms with Gasteiger partial charge in [-0.3, -0.25) is 0 Å². The number of nitrogens with two attached hydrogens (primary N) is 1. The topological polar surface area (TPSA) is 66.6 Å². The zero-order valence-electron chi connectivity index (χ0n) is 8.81. The lowest BCUT2D eigenvalue weighted by atomic mass is 10.1. The fourth-order valence-corrected chi connectivity index (χ4v) is 2.43. The molecule has 2 N–H and O–H groups in total. The molecule has 14 heavy (non-hydrogen) atoms. The third-order valence-corrected chi connectivity index (χ3v) is 4.02. The Morgan fingerprint density at radius 1 is 1.43 bits per heavy atom. The largest absolute Gasteiger partial charge is 0.303 e. The van der Waals surface area contributed by atoms with E-state index in [0.717, 1.165) is 32.5 Å². The van der Waals surface area contributed by atoms with Crippen LogP contribution in [0.3, 0.4) is 0 Å². The second-order valence-corrected chi connectivity index (χ2v) is 5.33. The number of nitrogens with zero attached hydrogens (tertiary/aromatic N) is 2. The Bertz CT molecular complexity index is 270. The number of hydrogen-bond donors (Lipinski definition) is 1. The molecule has 0 unspecified atom stereocenters. The van der Waals surface area contributed by atoms with Gasteiger partial charge in [0.2, 0.25) is 0 Å². The molecule has 0 radical (unpaired) electrons. The van der Waals surface area contributed by atoms with Crippen LogP contribution in [0.4, 0.5) is 0 Å². The Balaban J connectivity index is 2.50. The Morgan fingerprint density at radius 2 is 1.93 bits per heavy atom. The Hall–Kier alpha value is -0.170. The number of rotatable bonds is 3. The van der Waals surface area contributed by atoms with Crippen molar-refractivity contribution in [2.45, 2.75) is 25.8 Å². The van der Waals surface area contributed by atoms with Crippen LogP contribution in [0.15, 0.2) is 0 Å². The summed E-state index contributed by atoms with van der Waals surface area (Å²) < 4.78 is 23.4. The molecule has 1 aliphatic heterocycles. The molecule has 0 bridgehead atoms. The summed E-state index contributed by atoms with van der Waals surface area (Å²) in [5, 5.41) is 5.06. The fraction of sp³-hybridized carbons (Fsp3) is 1.00. The summed E-state index contributed by atoms with van der Waals surface area (Å²) in [7, 11) is -1.95. The highest BCUT2D eigenvalue weighted by Gasteiger charge is 2.26. The van der Waals surface area contributed by atoms with E-state index in [1.54, 1.807) is 7.05 Å². The van der Waals surface area contributed by atoms with Gasteiger partial charge in [0.15, 0.2) is 0 Å². The molecule has 0 amide bonds. The first kappa shape index (κ1) is 11.9. The minimum Gasteiger partial charge on any atom is -0.303 e. The van der Waals surface area contributed by atoms with Crippen molar-refractivity contribution < 1.29 is 8.42 Å². The monoisotopic (exact) mass is 221 g/mol. The first-order chi connectivity index (χ1) is 6.45. The van der Waals surface area contributed by atoms with Gasteiger partial charge in [0.1, 0.15) is 0 Å². The first-order valence-corrected chi connectivity index (χ1v) is 6.43. The van der Waals surface area contributed by atoms with Crippen molar-refractivity contribution >= 4 is 10.2 Å². The molecule has 1 aliphatic rings. The molecule has 0 spiro atoms. The van der Waals surface area contributed by atoms with E-state index in [-0.39, 0.29) is 6.04 Å². The van der Waals surface area contributed by atoms with E-state index in [4.69, 9.17) is 5.14 Å². The summed E-state index contributed by atoms with van der Waals surface area (Å²) >= 11 is 0. The third kappa shape index (κ3) is 2.91. The van der Waals surface area contributed by atoms with Gasteiger partial charge in [-0.15, -0.1) is 0 Å². The van der Waals surface area contributed by atoms with Crippen LogP contribution < -0.4 is 5.14 Å². The van der Waals surface area contributed by atoms with E-state index >= 15 is 0 Å². The second kappa shape index (κ2) is 4.57. The van der Waals surface area contributed by atoms with Gasteiger partial charge in [0.05, 0.1) is 0 Å². The highest BCUT2D eigenvalue weighted by Crippen LogP contribution is 2.16. The molecule has 1 saturated heterocycles. The van der Waals surface area contributed by atoms with E-state index in [2.05, 4.69) is 11.8 Å². The van der Waals surface area contributed by atoms with E-state index < -0.39 is 10.2 Å². The van der Waals surface area contributed by atoms with Crippen LogP contribution in [-0.2, 0) is 10.2 Å². The van der Waals surface area contributed by atoms with Crippen molar-refractivity contribution in [2.24, 2.45) is 5.14 Å². The van der Waals surface area contributed by atoms with Crippen LogP contribution in [0, 0.1) is 0 Å². The average molecular weight is 221 g/mol. The van der Waals surface area contributed by atoms with Gasteiger partial charge < -0.3 is 4.90 Å². The van der Waals surface area contributed by atoms with Crippen LogP contribution in [0.1, 0.15) is 19.8 Å². The van der Waals surface area contributed by atoms with E-state index in [9.17, 15) is 8.42 Å². The van der Waals surface area contributed by atoms with Gasteiger partial charge in [-0.1, -0.05) is 6.92 Å². The molecular formula is C8H19N3O2S. The van der Waals surface area contributed by atoms with Crippen molar-refractivity contribution in [3.8, 4) is 0 Å². The summed E-state index contributed by atoms with van der Waals surface area (Å²) in [5.41, 5.74) is 0. The smallest absolute Gasteiger partial charge is 0.276 e. The molecule has 0 aromatic heterocycles. The third-order valence-electron chi connectivity index (χ3n) is 2.92. The van der Waals surface area contributed by atoms with Crippen molar-refractivity contribution in [1.82, 2.24) is 9.21 Å². The summed E-state index contributed by atoms with van der Waals surface area (Å²) in [6.45, 7) is 5.07. The van der Waals surface area contributed by atoms with Gasteiger partial charge in [-0.2, -0.15) is 12.7 Å². The molecule has 1 heterocycles. The molecule has 1 fully saturated rings. The maximum Gasteiger partial charge on any atom is 0.276 e. The Kier molecular flexibility index (Phi) is 3.88. The van der Waals surface area contributed by atoms with Crippen molar-refractivity contribution in [2.75, 3.05) is 26.7 Å². The van der Waals surface area contributed by atoms with Gasteiger partial charge in [-0.05, 0) is 32.5 Å². The summed E-state index contributed by atoms with van der Waals surface area (Å²) in [5.74, 6) is 0. The molecule has 0 aromatic rings. The second-order valence-electron chi connectivity index (χ2n) is 3.73. The van der Waals surface area contributed by atoms with Crippen LogP contribution in [0.2, 0.25) is 0 Å². The SMILES string of the molecule is CCN1CCC(N(C)S(N)(=O)=O)CC1. The van der Waals surface area contributed by atoms with E-state index in [1.807, 2.05) is 0 Å². The summed E-state index contributed by atoms with van der Waals surface area (Å²) in [4.78, 5) is 2.31. The molecule has 0 atom stereocenters. The zero-order chi connectivity index (χ0) is 10.8. The molecular weight excluding hydrogens is 202 g/mol. The number of hydrogen-bond acceptors (Lipinski definition) is 3. The van der Waals surface area contributed by atoms with Crippen LogP contribution in [0.25, 0.3) is 0 Å². The zero-order valence-corrected chi connectivity index (χ0v) is 9.63. The summed E-state index contributed by atoms with van der Waals surface area (Å²) in [6.07, 6.45) is 1.75. The maximum atomic E-state index is 11.1. The van der Waals surface area contributed by atoms with Crippen molar-refractivity contribution in [3.63, 3.8) is 0 Å².